The number of hydrogen-bond acceptors (Lipinski definition) is 1. The van der Waals surface area contributed by atoms with Crippen molar-refractivity contribution in [3.05, 3.63) is 24.0 Å². The van der Waals surface area contributed by atoms with E-state index in [0.717, 1.165) is 12.8 Å². The zero-order chi connectivity index (χ0) is 10.2. The first-order valence-electron chi connectivity index (χ1n) is 5.87. The fourth-order valence-electron chi connectivity index (χ4n) is 1.83. The van der Waals surface area contributed by atoms with Crippen LogP contribution < -0.4 is 24.0 Å². The second-order valence-electron chi connectivity index (χ2n) is 4.11. The molecule has 0 heterocycles. The van der Waals surface area contributed by atoms with Crippen molar-refractivity contribution >= 4 is 0 Å². The molecule has 1 aliphatic rings. The van der Waals surface area contributed by atoms with Crippen molar-refractivity contribution in [3.8, 4) is 0 Å². The van der Waals surface area contributed by atoms with Crippen molar-refractivity contribution in [1.29, 1.82) is 0 Å². The average molecular weight is 200 g/mol. The minimum atomic E-state index is 0. The molecule has 0 unspecified atom stereocenters. The van der Waals surface area contributed by atoms with E-state index in [0.29, 0.717) is 11.7 Å². The minimum Gasteiger partial charge on any atom is -0.876 e. The Kier molecular flexibility index (Phi) is 9.05. The van der Waals surface area contributed by atoms with Gasteiger partial charge < -0.3 is 5.11 Å². The van der Waals surface area contributed by atoms with E-state index in [1.807, 2.05) is 6.08 Å². The summed E-state index contributed by atoms with van der Waals surface area (Å²) in [6.45, 7) is 2.23. The van der Waals surface area contributed by atoms with Crippen LogP contribution in [0.3, 0.4) is 0 Å². The van der Waals surface area contributed by atoms with Crippen molar-refractivity contribution in [3.63, 3.8) is 0 Å². The summed E-state index contributed by atoms with van der Waals surface area (Å²) in [5, 5.41) is 10.9. The molecule has 80 valence electrons. The first-order chi connectivity index (χ1) is 6.83. The molecule has 0 fully saturated rings. The van der Waals surface area contributed by atoms with Crippen molar-refractivity contribution in [1.82, 2.24) is 0 Å². The normalized spacial score (nSPS) is 20.3. The van der Waals surface area contributed by atoms with Crippen LogP contribution in [0, 0.1) is 5.92 Å². The summed E-state index contributed by atoms with van der Waals surface area (Å²) in [7, 11) is 0. The van der Waals surface area contributed by atoms with Gasteiger partial charge in [0.25, 0.3) is 0 Å². The van der Waals surface area contributed by atoms with E-state index >= 15 is 0 Å². The standard InChI is InChI=1S/C13H22O.Li/c1-2-3-4-5-6-7-8-12-9-10-13(14)11-12;/h7-8,11-12,14H,2-6,9-10H2,1H3;/q;+1/p-1/b8-7+;/t12-;/m0./s1. The molecule has 0 bridgehead atoms. The van der Waals surface area contributed by atoms with E-state index < -0.39 is 0 Å². The molecule has 1 aliphatic carbocycles. The summed E-state index contributed by atoms with van der Waals surface area (Å²) < 4.78 is 0. The number of rotatable bonds is 6. The maximum absolute atomic E-state index is 10.9. The Morgan fingerprint density at radius 1 is 1.40 bits per heavy atom. The van der Waals surface area contributed by atoms with Gasteiger partial charge in [-0.15, -0.1) is 5.76 Å². The van der Waals surface area contributed by atoms with Gasteiger partial charge in [-0.2, -0.15) is 0 Å². The van der Waals surface area contributed by atoms with Gasteiger partial charge in [0.15, 0.2) is 0 Å². The molecule has 1 rings (SSSR count). The van der Waals surface area contributed by atoms with Gasteiger partial charge >= 0.3 is 18.9 Å². The molecule has 0 aromatic rings. The molecule has 1 nitrogen and oxygen atoms in total. The van der Waals surface area contributed by atoms with Gasteiger partial charge in [-0.25, -0.2) is 0 Å². The molecule has 0 saturated heterocycles. The van der Waals surface area contributed by atoms with E-state index in [-0.39, 0.29) is 18.9 Å². The Morgan fingerprint density at radius 2 is 2.20 bits per heavy atom. The molecule has 1 atom stereocenters. The second kappa shape index (κ2) is 9.13. The van der Waals surface area contributed by atoms with Crippen LogP contribution in [0.1, 0.15) is 51.9 Å². The van der Waals surface area contributed by atoms with E-state index in [9.17, 15) is 5.11 Å². The van der Waals surface area contributed by atoms with E-state index in [2.05, 4.69) is 19.1 Å². The average Bonchev–Trinajstić information content (AvgIpc) is 2.58. The monoisotopic (exact) mass is 200 g/mol. The van der Waals surface area contributed by atoms with Gasteiger partial charge in [-0.3, -0.25) is 0 Å². The molecular weight excluding hydrogens is 179 g/mol. The molecular formula is C13H21LiO. The van der Waals surface area contributed by atoms with Crippen LogP contribution in [-0.2, 0) is 0 Å². The molecule has 0 aliphatic heterocycles. The van der Waals surface area contributed by atoms with Crippen LogP contribution in [0.5, 0.6) is 0 Å². The zero-order valence-electron chi connectivity index (χ0n) is 10.2. The Balaban J connectivity index is 0.00000196. The fourth-order valence-corrected chi connectivity index (χ4v) is 1.83. The van der Waals surface area contributed by atoms with Crippen molar-refractivity contribution in [2.45, 2.75) is 51.9 Å². The summed E-state index contributed by atoms with van der Waals surface area (Å²) >= 11 is 0. The summed E-state index contributed by atoms with van der Waals surface area (Å²) in [5.74, 6) is 0.763. The summed E-state index contributed by atoms with van der Waals surface area (Å²) in [6.07, 6.45) is 14.6. The number of unbranched alkanes of at least 4 members (excludes halogenated alkanes) is 4. The van der Waals surface area contributed by atoms with Gasteiger partial charge in [0.1, 0.15) is 0 Å². The third-order valence-electron chi connectivity index (χ3n) is 2.73. The van der Waals surface area contributed by atoms with Crippen LogP contribution in [0.15, 0.2) is 24.0 Å². The molecule has 0 spiro atoms. The predicted octanol–water partition coefficient (Wildman–Crippen LogP) is 0.171. The summed E-state index contributed by atoms with van der Waals surface area (Å²) in [6, 6.07) is 0. The first-order valence-corrected chi connectivity index (χ1v) is 5.87. The quantitative estimate of drug-likeness (QED) is 0.340. The molecule has 0 aromatic heterocycles. The maximum Gasteiger partial charge on any atom is 1.00 e. The van der Waals surface area contributed by atoms with Crippen LogP contribution in [0.4, 0.5) is 0 Å². The Morgan fingerprint density at radius 3 is 2.80 bits per heavy atom. The van der Waals surface area contributed by atoms with Gasteiger partial charge in [0, 0.05) is 0 Å². The molecule has 0 N–H and O–H groups in total. The SMILES string of the molecule is CCCCCC/C=C/[C@@H]1C=C([O-])CC1.[Li+]. The van der Waals surface area contributed by atoms with E-state index in [1.54, 1.807) is 0 Å². The van der Waals surface area contributed by atoms with Gasteiger partial charge in [-0.05, 0) is 31.6 Å². The van der Waals surface area contributed by atoms with Gasteiger partial charge in [-0.1, -0.05) is 44.4 Å². The Labute approximate surface area is 106 Å². The van der Waals surface area contributed by atoms with Crippen molar-refractivity contribution in [2.24, 2.45) is 5.92 Å². The molecule has 0 aromatic carbocycles. The molecule has 0 saturated carbocycles. The first kappa shape index (κ1) is 14.9. The summed E-state index contributed by atoms with van der Waals surface area (Å²) in [5.41, 5.74) is 0. The smallest absolute Gasteiger partial charge is 0.876 e. The Hall–Kier alpha value is -0.123. The predicted molar refractivity (Wildman–Crippen MR) is 58.7 cm³/mol. The number of allylic oxidation sites excluding steroid dienone is 4. The minimum absolute atomic E-state index is 0. The molecule has 0 amide bonds. The van der Waals surface area contributed by atoms with Gasteiger partial charge in [0.05, 0.1) is 0 Å². The largest absolute Gasteiger partial charge is 1.00 e. The molecule has 2 heteroatoms. The van der Waals surface area contributed by atoms with Crippen molar-refractivity contribution < 1.29 is 24.0 Å². The third kappa shape index (κ3) is 6.87. The van der Waals surface area contributed by atoms with Crippen LogP contribution >= 0.6 is 0 Å². The van der Waals surface area contributed by atoms with Crippen LogP contribution in [0.2, 0.25) is 0 Å². The van der Waals surface area contributed by atoms with Crippen molar-refractivity contribution in [2.75, 3.05) is 0 Å². The topological polar surface area (TPSA) is 23.1 Å². The van der Waals surface area contributed by atoms with Crippen LogP contribution in [0.25, 0.3) is 0 Å². The molecule has 15 heavy (non-hydrogen) atoms. The third-order valence-corrected chi connectivity index (χ3v) is 2.73. The van der Waals surface area contributed by atoms with E-state index in [4.69, 9.17) is 0 Å². The second-order valence-corrected chi connectivity index (χ2v) is 4.11. The maximum atomic E-state index is 10.9. The molecule has 0 radical (unpaired) electrons. The fraction of sp³-hybridized carbons (Fsp3) is 0.692. The zero-order valence-corrected chi connectivity index (χ0v) is 10.2. The summed E-state index contributed by atoms with van der Waals surface area (Å²) in [4.78, 5) is 0. The Bertz CT molecular complexity index is 209. The van der Waals surface area contributed by atoms with E-state index in [1.165, 1.54) is 32.1 Å². The van der Waals surface area contributed by atoms with Crippen LogP contribution in [-0.4, -0.2) is 0 Å². The number of hydrogen-bond donors (Lipinski definition) is 0. The van der Waals surface area contributed by atoms with Gasteiger partial charge in [0.2, 0.25) is 0 Å².